The summed E-state index contributed by atoms with van der Waals surface area (Å²) in [5.74, 6) is 1.08. The molecule has 1 aromatic carbocycles. The maximum atomic E-state index is 11.3. The van der Waals surface area contributed by atoms with Crippen LogP contribution in [0.3, 0.4) is 0 Å². The number of ether oxygens (including phenoxy) is 1. The number of benzene rings is 1. The molecule has 0 fully saturated rings. The highest BCUT2D eigenvalue weighted by atomic mass is 16.5. The summed E-state index contributed by atoms with van der Waals surface area (Å²) in [5, 5.41) is 9.45. The van der Waals surface area contributed by atoms with Gasteiger partial charge in [-0.05, 0) is 6.07 Å². The molecule has 1 aliphatic heterocycles. The van der Waals surface area contributed by atoms with Gasteiger partial charge in [0.2, 0.25) is 0 Å². The number of nitrogens with one attached hydrogen (secondary N) is 2. The third-order valence-electron chi connectivity index (χ3n) is 2.73. The number of nitrogen functional groups attached to an aromatic ring is 1. The quantitative estimate of drug-likeness (QED) is 0.716. The second kappa shape index (κ2) is 4.52. The van der Waals surface area contributed by atoms with E-state index in [0.29, 0.717) is 35.1 Å². The van der Waals surface area contributed by atoms with Crippen molar-refractivity contribution in [2.45, 2.75) is 6.54 Å². The monoisotopic (exact) mass is 260 g/mol. The second-order valence-electron chi connectivity index (χ2n) is 4.10. The number of nitrogens with two attached hydrogens (primary N) is 1. The molecule has 1 aliphatic rings. The molecule has 0 bridgehead atoms. The van der Waals surface area contributed by atoms with Gasteiger partial charge in [0.1, 0.15) is 5.75 Å². The summed E-state index contributed by atoms with van der Waals surface area (Å²) in [5.41, 5.74) is 7.75. The first-order valence-electron chi connectivity index (χ1n) is 5.72. The fraction of sp³-hybridized carbons (Fsp3) is 0.167. The highest BCUT2D eigenvalue weighted by Gasteiger charge is 2.17. The molecule has 4 N–H and O–H groups in total. The van der Waals surface area contributed by atoms with Gasteiger partial charge < -0.3 is 25.6 Å². The lowest BCUT2D eigenvalue weighted by Crippen LogP contribution is -2.25. The number of anilines is 3. The minimum atomic E-state index is -0.182. The summed E-state index contributed by atoms with van der Waals surface area (Å²) in [6.45, 7) is 0.467. The van der Waals surface area contributed by atoms with Crippen LogP contribution in [0, 0.1) is 0 Å². The predicted molar refractivity (Wildman–Crippen MR) is 68.8 cm³/mol. The van der Waals surface area contributed by atoms with Crippen molar-refractivity contribution >= 4 is 23.0 Å². The van der Waals surface area contributed by atoms with Gasteiger partial charge in [-0.3, -0.25) is 4.79 Å². The molecule has 1 amide bonds. The van der Waals surface area contributed by atoms with Crippen molar-refractivity contribution in [2.24, 2.45) is 0 Å². The average Bonchev–Trinajstić information content (AvgIpc) is 2.90. The van der Waals surface area contributed by atoms with Crippen molar-refractivity contribution in [1.82, 2.24) is 5.16 Å². The number of fused-ring (bicyclic) bond motifs is 1. The van der Waals surface area contributed by atoms with E-state index in [1.54, 1.807) is 24.4 Å². The smallest absolute Gasteiger partial charge is 0.262 e. The fourth-order valence-electron chi connectivity index (χ4n) is 1.81. The maximum Gasteiger partial charge on any atom is 0.262 e. The van der Waals surface area contributed by atoms with E-state index in [1.165, 1.54) is 0 Å². The zero-order valence-corrected chi connectivity index (χ0v) is 9.97. The molecule has 7 heteroatoms. The lowest BCUT2D eigenvalue weighted by Gasteiger charge is -2.20. The van der Waals surface area contributed by atoms with Crippen LogP contribution in [0.2, 0.25) is 0 Å². The van der Waals surface area contributed by atoms with Crippen molar-refractivity contribution in [3.8, 4) is 5.75 Å². The molecule has 0 aliphatic carbocycles. The third-order valence-corrected chi connectivity index (χ3v) is 2.73. The third kappa shape index (κ3) is 2.30. The summed E-state index contributed by atoms with van der Waals surface area (Å²) >= 11 is 0. The van der Waals surface area contributed by atoms with E-state index in [-0.39, 0.29) is 12.5 Å². The number of hydrogen-bond acceptors (Lipinski definition) is 6. The Morgan fingerprint density at radius 2 is 2.37 bits per heavy atom. The minimum absolute atomic E-state index is 0.0112. The Hall–Kier alpha value is -2.70. The maximum absolute atomic E-state index is 11.3. The van der Waals surface area contributed by atoms with E-state index in [2.05, 4.69) is 15.8 Å². The van der Waals surface area contributed by atoms with Crippen molar-refractivity contribution < 1.29 is 14.1 Å². The van der Waals surface area contributed by atoms with Crippen LogP contribution in [-0.2, 0) is 11.3 Å². The summed E-state index contributed by atoms with van der Waals surface area (Å²) in [6, 6.07) is 5.17. The van der Waals surface area contributed by atoms with E-state index in [1.807, 2.05) is 0 Å². The SMILES string of the molecule is Nc1cc2c(cc1NCc1ccno1)NC(=O)CO2. The first kappa shape index (κ1) is 11.4. The number of amides is 1. The van der Waals surface area contributed by atoms with Crippen LogP contribution in [-0.4, -0.2) is 17.7 Å². The average molecular weight is 260 g/mol. The van der Waals surface area contributed by atoms with Crippen LogP contribution in [0.25, 0.3) is 0 Å². The molecule has 2 heterocycles. The molecule has 98 valence electrons. The Morgan fingerprint density at radius 3 is 3.16 bits per heavy atom. The van der Waals surface area contributed by atoms with Gasteiger partial charge in [0, 0.05) is 12.1 Å². The number of rotatable bonds is 3. The number of nitrogens with zero attached hydrogens (tertiary/aromatic N) is 1. The van der Waals surface area contributed by atoms with E-state index >= 15 is 0 Å². The number of carbonyl (C=O) groups is 1. The molecule has 0 unspecified atom stereocenters. The largest absolute Gasteiger partial charge is 0.482 e. The summed E-state index contributed by atoms with van der Waals surface area (Å²) in [7, 11) is 0. The minimum Gasteiger partial charge on any atom is -0.482 e. The van der Waals surface area contributed by atoms with Crippen LogP contribution in [0.1, 0.15) is 5.76 Å². The molecular weight excluding hydrogens is 248 g/mol. The fourth-order valence-corrected chi connectivity index (χ4v) is 1.81. The van der Waals surface area contributed by atoms with Gasteiger partial charge in [-0.25, -0.2) is 0 Å². The normalized spacial score (nSPS) is 13.4. The van der Waals surface area contributed by atoms with Gasteiger partial charge in [0.25, 0.3) is 5.91 Å². The predicted octanol–water partition coefficient (Wildman–Crippen LogP) is 1.20. The molecule has 7 nitrogen and oxygen atoms in total. The molecule has 2 aromatic rings. The number of carbonyl (C=O) groups excluding carboxylic acids is 1. The zero-order chi connectivity index (χ0) is 13.2. The topological polar surface area (TPSA) is 102 Å². The van der Waals surface area contributed by atoms with Crippen molar-refractivity contribution in [1.29, 1.82) is 0 Å². The van der Waals surface area contributed by atoms with Gasteiger partial charge in [-0.2, -0.15) is 0 Å². The summed E-state index contributed by atoms with van der Waals surface area (Å²) in [6.07, 6.45) is 1.57. The Kier molecular flexibility index (Phi) is 2.71. The Labute approximate surface area is 108 Å². The van der Waals surface area contributed by atoms with E-state index in [9.17, 15) is 4.79 Å². The molecule has 0 radical (unpaired) electrons. The summed E-state index contributed by atoms with van der Waals surface area (Å²) in [4.78, 5) is 11.3. The molecule has 0 saturated heterocycles. The molecule has 0 saturated carbocycles. The molecule has 1 aromatic heterocycles. The van der Waals surface area contributed by atoms with Crippen LogP contribution >= 0.6 is 0 Å². The molecule has 0 spiro atoms. The van der Waals surface area contributed by atoms with Crippen molar-refractivity contribution in [3.63, 3.8) is 0 Å². The number of aromatic nitrogens is 1. The first-order chi connectivity index (χ1) is 9.22. The van der Waals surface area contributed by atoms with Crippen molar-refractivity contribution in [3.05, 3.63) is 30.2 Å². The molecular formula is C12H12N4O3. The van der Waals surface area contributed by atoms with Gasteiger partial charge in [-0.1, -0.05) is 5.16 Å². The standard InChI is InChI=1S/C12H12N4O3/c13-8-3-11-10(16-12(17)6-18-11)4-9(8)14-5-7-1-2-15-19-7/h1-4,14H,5-6,13H2,(H,16,17). The highest BCUT2D eigenvalue weighted by molar-refractivity contribution is 5.97. The molecule has 0 atom stereocenters. The lowest BCUT2D eigenvalue weighted by atomic mass is 10.2. The van der Waals surface area contributed by atoms with Gasteiger partial charge >= 0.3 is 0 Å². The van der Waals surface area contributed by atoms with Gasteiger partial charge in [0.05, 0.1) is 29.8 Å². The van der Waals surface area contributed by atoms with Gasteiger partial charge in [-0.15, -0.1) is 0 Å². The van der Waals surface area contributed by atoms with Crippen LogP contribution in [0.4, 0.5) is 17.1 Å². The van der Waals surface area contributed by atoms with Crippen LogP contribution in [0.5, 0.6) is 5.75 Å². The number of hydrogen-bond donors (Lipinski definition) is 3. The van der Waals surface area contributed by atoms with Crippen LogP contribution < -0.4 is 21.1 Å². The summed E-state index contributed by atoms with van der Waals surface area (Å²) < 4.78 is 10.3. The molecule has 19 heavy (non-hydrogen) atoms. The van der Waals surface area contributed by atoms with E-state index < -0.39 is 0 Å². The van der Waals surface area contributed by atoms with Crippen LogP contribution in [0.15, 0.2) is 28.9 Å². The first-order valence-corrected chi connectivity index (χ1v) is 5.72. The Balaban J connectivity index is 1.81. The van der Waals surface area contributed by atoms with Gasteiger partial charge in [0.15, 0.2) is 12.4 Å². The van der Waals surface area contributed by atoms with E-state index in [0.717, 1.165) is 0 Å². The lowest BCUT2D eigenvalue weighted by molar-refractivity contribution is -0.118. The Morgan fingerprint density at radius 1 is 1.47 bits per heavy atom. The zero-order valence-electron chi connectivity index (χ0n) is 9.97. The Bertz CT molecular complexity index is 610. The van der Waals surface area contributed by atoms with E-state index in [4.69, 9.17) is 15.0 Å². The van der Waals surface area contributed by atoms with Crippen molar-refractivity contribution in [2.75, 3.05) is 23.0 Å². The highest BCUT2D eigenvalue weighted by Crippen LogP contribution is 2.35. The second-order valence-corrected chi connectivity index (χ2v) is 4.10. The molecule has 3 rings (SSSR count).